The van der Waals surface area contributed by atoms with E-state index in [1.165, 1.54) is 17.3 Å². The molecule has 2 aromatic carbocycles. The molecule has 3 rings (SSSR count). The first kappa shape index (κ1) is 21.4. The summed E-state index contributed by atoms with van der Waals surface area (Å²) in [5.41, 5.74) is 8.08. The highest BCUT2D eigenvalue weighted by molar-refractivity contribution is 9.10. The van der Waals surface area contributed by atoms with Crippen molar-refractivity contribution >= 4 is 39.8 Å². The zero-order valence-electron chi connectivity index (χ0n) is 16.9. The van der Waals surface area contributed by atoms with E-state index in [1.54, 1.807) is 6.21 Å². The summed E-state index contributed by atoms with van der Waals surface area (Å²) in [5.74, 6) is -0.126. The Morgan fingerprint density at radius 3 is 2.52 bits per heavy atom. The number of amides is 1. The molecule has 0 radical (unpaired) electrons. The van der Waals surface area contributed by atoms with Gasteiger partial charge in [0.2, 0.25) is 0 Å². The van der Waals surface area contributed by atoms with Gasteiger partial charge in [-0.15, -0.1) is 11.8 Å². The van der Waals surface area contributed by atoms with Crippen LogP contribution in [-0.2, 0) is 4.79 Å². The van der Waals surface area contributed by atoms with E-state index in [1.807, 2.05) is 37.3 Å². The van der Waals surface area contributed by atoms with E-state index >= 15 is 0 Å². The summed E-state index contributed by atoms with van der Waals surface area (Å²) in [5, 5.41) is 3.97. The largest absolute Gasteiger partial charge is 0.317 e. The SMILES string of the molecule is Cc1cccc(-n2c(C)c(Br)c(/C=N\NC(=O)[C@H](C)Sc3ccccc3)c2C)c1. The number of halogens is 1. The third-order valence-electron chi connectivity index (χ3n) is 4.67. The van der Waals surface area contributed by atoms with Gasteiger partial charge in [-0.3, -0.25) is 4.79 Å². The number of hydrogen-bond donors (Lipinski definition) is 1. The van der Waals surface area contributed by atoms with Gasteiger partial charge in [0.05, 0.1) is 11.5 Å². The van der Waals surface area contributed by atoms with Gasteiger partial charge in [-0.1, -0.05) is 30.3 Å². The molecule has 0 aliphatic rings. The zero-order chi connectivity index (χ0) is 21.0. The lowest BCUT2D eigenvalue weighted by atomic mass is 10.2. The number of aryl methyl sites for hydroxylation is 1. The minimum absolute atomic E-state index is 0.126. The molecule has 0 saturated heterocycles. The molecule has 6 heteroatoms. The Morgan fingerprint density at radius 2 is 1.83 bits per heavy atom. The molecular weight excluding hydrogens is 446 g/mol. The topological polar surface area (TPSA) is 46.4 Å². The normalized spacial score (nSPS) is 12.3. The van der Waals surface area contributed by atoms with Gasteiger partial charge in [-0.05, 0) is 73.5 Å². The van der Waals surface area contributed by atoms with Crippen molar-refractivity contribution in [2.45, 2.75) is 37.8 Å². The molecule has 0 fully saturated rings. The van der Waals surface area contributed by atoms with Crippen LogP contribution in [0.2, 0.25) is 0 Å². The van der Waals surface area contributed by atoms with Crippen LogP contribution in [0.3, 0.4) is 0 Å². The molecule has 0 unspecified atom stereocenters. The molecule has 1 atom stereocenters. The van der Waals surface area contributed by atoms with Gasteiger partial charge in [0.15, 0.2) is 0 Å². The van der Waals surface area contributed by atoms with E-state index in [4.69, 9.17) is 0 Å². The second-order valence-electron chi connectivity index (χ2n) is 6.88. The Morgan fingerprint density at radius 1 is 1.10 bits per heavy atom. The second kappa shape index (κ2) is 9.46. The quantitative estimate of drug-likeness (QED) is 0.281. The maximum absolute atomic E-state index is 12.4. The number of carbonyl (C=O) groups is 1. The lowest BCUT2D eigenvalue weighted by Crippen LogP contribution is -2.26. The molecule has 0 bridgehead atoms. The van der Waals surface area contributed by atoms with Crippen molar-refractivity contribution in [3.63, 3.8) is 0 Å². The highest BCUT2D eigenvalue weighted by Crippen LogP contribution is 2.29. The van der Waals surface area contributed by atoms with Crippen molar-refractivity contribution in [2.24, 2.45) is 5.10 Å². The highest BCUT2D eigenvalue weighted by atomic mass is 79.9. The van der Waals surface area contributed by atoms with Crippen molar-refractivity contribution in [1.29, 1.82) is 0 Å². The first-order chi connectivity index (χ1) is 13.9. The van der Waals surface area contributed by atoms with E-state index in [-0.39, 0.29) is 11.2 Å². The van der Waals surface area contributed by atoms with Gasteiger partial charge in [-0.2, -0.15) is 5.10 Å². The number of nitrogens with one attached hydrogen (secondary N) is 1. The van der Waals surface area contributed by atoms with Crippen molar-refractivity contribution in [1.82, 2.24) is 9.99 Å². The summed E-state index contributed by atoms with van der Waals surface area (Å²) in [6, 6.07) is 18.3. The van der Waals surface area contributed by atoms with E-state index in [0.29, 0.717) is 0 Å². The lowest BCUT2D eigenvalue weighted by molar-refractivity contribution is -0.120. The molecule has 1 N–H and O–H groups in total. The molecule has 0 saturated carbocycles. The van der Waals surface area contributed by atoms with Crippen molar-refractivity contribution in [2.75, 3.05) is 0 Å². The van der Waals surface area contributed by atoms with E-state index in [0.717, 1.165) is 32.0 Å². The maximum atomic E-state index is 12.4. The van der Waals surface area contributed by atoms with Gasteiger partial charge in [-0.25, -0.2) is 5.43 Å². The molecular formula is C23H24BrN3OS. The summed E-state index contributed by atoms with van der Waals surface area (Å²) >= 11 is 5.19. The summed E-state index contributed by atoms with van der Waals surface area (Å²) in [6.45, 7) is 8.08. The number of thioether (sulfide) groups is 1. The monoisotopic (exact) mass is 469 g/mol. The van der Waals surface area contributed by atoms with Crippen LogP contribution in [0, 0.1) is 20.8 Å². The number of benzene rings is 2. The number of aromatic nitrogens is 1. The highest BCUT2D eigenvalue weighted by Gasteiger charge is 2.17. The van der Waals surface area contributed by atoms with E-state index in [9.17, 15) is 4.79 Å². The Balaban J connectivity index is 1.74. The molecule has 1 heterocycles. The van der Waals surface area contributed by atoms with Gasteiger partial charge in [0, 0.05) is 32.0 Å². The molecule has 150 valence electrons. The number of carbonyl (C=O) groups excluding carboxylic acids is 1. The Hall–Kier alpha value is -2.31. The van der Waals surface area contributed by atoms with Gasteiger partial charge in [0.1, 0.15) is 0 Å². The first-order valence-electron chi connectivity index (χ1n) is 9.37. The average molecular weight is 470 g/mol. The Bertz CT molecular complexity index is 1040. The molecule has 3 aromatic rings. The van der Waals surface area contributed by atoms with Crippen LogP contribution < -0.4 is 5.43 Å². The fourth-order valence-corrected chi connectivity index (χ4v) is 4.59. The van der Waals surface area contributed by atoms with Gasteiger partial charge < -0.3 is 4.57 Å². The molecule has 0 aliphatic carbocycles. The fraction of sp³-hybridized carbons (Fsp3) is 0.217. The Kier molecular flexibility index (Phi) is 6.98. The zero-order valence-corrected chi connectivity index (χ0v) is 19.3. The second-order valence-corrected chi connectivity index (χ2v) is 9.09. The molecule has 0 aliphatic heterocycles. The van der Waals surface area contributed by atoms with Crippen LogP contribution in [0.15, 0.2) is 69.1 Å². The number of nitrogens with zero attached hydrogens (tertiary/aromatic N) is 2. The van der Waals surface area contributed by atoms with Crippen molar-refractivity contribution in [3.05, 3.63) is 81.6 Å². The van der Waals surface area contributed by atoms with Crippen LogP contribution in [-0.4, -0.2) is 21.9 Å². The summed E-state index contributed by atoms with van der Waals surface area (Å²) in [4.78, 5) is 13.4. The molecule has 29 heavy (non-hydrogen) atoms. The van der Waals surface area contributed by atoms with Crippen molar-refractivity contribution < 1.29 is 4.79 Å². The first-order valence-corrected chi connectivity index (χ1v) is 11.0. The average Bonchev–Trinajstić information content (AvgIpc) is 2.91. The third-order valence-corrected chi connectivity index (χ3v) is 6.78. The predicted octanol–water partition coefficient (Wildman–Crippen LogP) is 5.80. The van der Waals surface area contributed by atoms with Gasteiger partial charge >= 0.3 is 0 Å². The Labute approximate surface area is 184 Å². The minimum Gasteiger partial charge on any atom is -0.317 e. The van der Waals surface area contributed by atoms with Gasteiger partial charge in [0.25, 0.3) is 5.91 Å². The molecule has 4 nitrogen and oxygen atoms in total. The minimum atomic E-state index is -0.238. The van der Waals surface area contributed by atoms with E-state index in [2.05, 4.69) is 76.1 Å². The number of rotatable bonds is 6. The third kappa shape index (κ3) is 5.00. The van der Waals surface area contributed by atoms with Crippen LogP contribution >= 0.6 is 27.7 Å². The fourth-order valence-electron chi connectivity index (χ4n) is 3.14. The van der Waals surface area contributed by atoms with E-state index < -0.39 is 0 Å². The van der Waals surface area contributed by atoms with Crippen LogP contribution in [0.25, 0.3) is 5.69 Å². The van der Waals surface area contributed by atoms with Crippen LogP contribution in [0.4, 0.5) is 0 Å². The predicted molar refractivity (Wildman–Crippen MR) is 125 cm³/mol. The number of hydrogen-bond acceptors (Lipinski definition) is 3. The molecule has 1 amide bonds. The lowest BCUT2D eigenvalue weighted by Gasteiger charge is -2.10. The molecule has 0 spiro atoms. The standard InChI is InChI=1S/C23H24BrN3OS/c1-15-9-8-10-19(13-15)27-16(2)21(22(24)17(27)3)14-25-26-23(28)18(4)29-20-11-6-5-7-12-20/h5-14,18H,1-4H3,(H,26,28)/b25-14-/t18-/m0/s1. The molecule has 1 aromatic heterocycles. The summed E-state index contributed by atoms with van der Waals surface area (Å²) in [6.07, 6.45) is 1.70. The summed E-state index contributed by atoms with van der Waals surface area (Å²) < 4.78 is 3.16. The summed E-state index contributed by atoms with van der Waals surface area (Å²) in [7, 11) is 0. The van der Waals surface area contributed by atoms with Crippen LogP contribution in [0.1, 0.15) is 29.4 Å². The van der Waals surface area contributed by atoms with Crippen LogP contribution in [0.5, 0.6) is 0 Å². The number of hydrazone groups is 1. The maximum Gasteiger partial charge on any atom is 0.253 e. The van der Waals surface area contributed by atoms with Crippen molar-refractivity contribution in [3.8, 4) is 5.69 Å². The smallest absolute Gasteiger partial charge is 0.253 e.